The molecule has 0 radical (unpaired) electrons. The van der Waals surface area contributed by atoms with Crippen LogP contribution in [0.4, 0.5) is 4.39 Å². The van der Waals surface area contributed by atoms with Gasteiger partial charge in [0, 0.05) is 12.0 Å². The molecule has 0 saturated heterocycles. The largest absolute Gasteiger partial charge is 0.365 e. The van der Waals surface area contributed by atoms with Crippen molar-refractivity contribution in [3.8, 4) is 0 Å². The summed E-state index contributed by atoms with van der Waals surface area (Å²) in [5.74, 6) is -0.839. The molecule has 0 bridgehead atoms. The van der Waals surface area contributed by atoms with Crippen LogP contribution in [0.25, 0.3) is 10.2 Å². The fourth-order valence-electron chi connectivity index (χ4n) is 3.12. The number of Topliss-reactive ketones (excluding diaryl/α,β-unsaturated/α-hetero) is 1. The quantitative estimate of drug-likeness (QED) is 0.642. The summed E-state index contributed by atoms with van der Waals surface area (Å²) in [6.07, 6.45) is 1.23. The summed E-state index contributed by atoms with van der Waals surface area (Å²) in [4.78, 5) is 42.8. The van der Waals surface area contributed by atoms with E-state index in [4.69, 9.17) is 5.73 Å². The summed E-state index contributed by atoms with van der Waals surface area (Å²) in [5.41, 5.74) is 6.19. The number of hydrogen-bond donors (Lipinski definition) is 1. The highest BCUT2D eigenvalue weighted by atomic mass is 32.1. The summed E-state index contributed by atoms with van der Waals surface area (Å²) in [6.45, 7) is 4.97. The molecule has 0 atom stereocenters. The highest BCUT2D eigenvalue weighted by Crippen LogP contribution is 2.27. The van der Waals surface area contributed by atoms with Gasteiger partial charge < -0.3 is 5.73 Å². The zero-order valence-electron chi connectivity index (χ0n) is 15.8. The van der Waals surface area contributed by atoms with E-state index in [0.717, 1.165) is 17.8 Å². The maximum atomic E-state index is 13.5. The molecule has 1 aromatic carbocycles. The summed E-state index contributed by atoms with van der Waals surface area (Å²) in [6, 6.07) is 4.11. The molecular formula is C20H20FN3O3S. The van der Waals surface area contributed by atoms with E-state index in [2.05, 4.69) is 4.98 Å². The predicted molar refractivity (Wildman–Crippen MR) is 107 cm³/mol. The van der Waals surface area contributed by atoms with Crippen molar-refractivity contribution in [3.05, 3.63) is 61.8 Å². The number of carbonyl (C=O) groups is 2. The molecule has 8 heteroatoms. The van der Waals surface area contributed by atoms with Crippen LogP contribution in [0.2, 0.25) is 0 Å². The Morgan fingerprint density at radius 1 is 1.29 bits per heavy atom. The van der Waals surface area contributed by atoms with E-state index in [9.17, 15) is 18.8 Å². The minimum Gasteiger partial charge on any atom is -0.365 e. The third kappa shape index (κ3) is 3.47. The maximum Gasteiger partial charge on any atom is 0.262 e. The third-order valence-electron chi connectivity index (χ3n) is 4.61. The Morgan fingerprint density at radius 3 is 2.61 bits per heavy atom. The molecule has 0 aliphatic heterocycles. The van der Waals surface area contributed by atoms with Crippen LogP contribution in [-0.4, -0.2) is 21.2 Å². The van der Waals surface area contributed by atoms with Crippen molar-refractivity contribution < 1.29 is 14.0 Å². The van der Waals surface area contributed by atoms with Gasteiger partial charge in [-0.15, -0.1) is 11.3 Å². The van der Waals surface area contributed by atoms with E-state index < -0.39 is 11.7 Å². The second kappa shape index (κ2) is 7.63. The number of hydrogen-bond acceptors (Lipinski definition) is 5. The number of halogens is 1. The number of aromatic nitrogens is 2. The fourth-order valence-corrected chi connectivity index (χ4v) is 4.17. The molecule has 2 heterocycles. The average Bonchev–Trinajstić information content (AvgIpc) is 2.97. The molecule has 6 nitrogen and oxygen atoms in total. The number of nitrogens with zero attached hydrogens (tertiary/aromatic N) is 2. The topological polar surface area (TPSA) is 95.0 Å². The molecule has 28 heavy (non-hydrogen) atoms. The van der Waals surface area contributed by atoms with Gasteiger partial charge >= 0.3 is 0 Å². The SMILES string of the molecule is CCCc1nc2sc(C(N)=O)c(C)c2c(=O)n1CC(=O)c1ccc(F)c(C)c1. The van der Waals surface area contributed by atoms with Gasteiger partial charge in [-0.1, -0.05) is 6.92 Å². The van der Waals surface area contributed by atoms with Crippen molar-refractivity contribution in [1.29, 1.82) is 0 Å². The van der Waals surface area contributed by atoms with E-state index in [1.54, 1.807) is 13.8 Å². The molecule has 146 valence electrons. The van der Waals surface area contributed by atoms with Crippen LogP contribution in [0.5, 0.6) is 0 Å². The van der Waals surface area contributed by atoms with Crippen molar-refractivity contribution in [2.45, 2.75) is 40.2 Å². The number of thiophene rings is 1. The normalized spacial score (nSPS) is 11.1. The number of aryl methyl sites for hydroxylation is 3. The Bertz CT molecular complexity index is 1160. The first-order valence-corrected chi connectivity index (χ1v) is 9.68. The number of carbonyl (C=O) groups excluding carboxylic acids is 2. The molecule has 2 N–H and O–H groups in total. The highest BCUT2D eigenvalue weighted by molar-refractivity contribution is 7.20. The number of primary amides is 1. The van der Waals surface area contributed by atoms with Crippen LogP contribution in [0, 0.1) is 19.7 Å². The number of amides is 1. The van der Waals surface area contributed by atoms with Gasteiger partial charge in [0.05, 0.1) is 16.8 Å². The number of ketones is 1. The summed E-state index contributed by atoms with van der Waals surface area (Å²) < 4.78 is 14.8. The van der Waals surface area contributed by atoms with Crippen molar-refractivity contribution in [1.82, 2.24) is 9.55 Å². The molecule has 3 aromatic rings. The Morgan fingerprint density at radius 2 is 2.00 bits per heavy atom. The monoisotopic (exact) mass is 401 g/mol. The number of nitrogens with two attached hydrogens (primary N) is 1. The number of fused-ring (bicyclic) bond motifs is 1. The lowest BCUT2D eigenvalue weighted by molar-refractivity contribution is 0.0967. The van der Waals surface area contributed by atoms with Crippen LogP contribution < -0.4 is 11.3 Å². The lowest BCUT2D eigenvalue weighted by atomic mass is 10.1. The average molecular weight is 401 g/mol. The van der Waals surface area contributed by atoms with E-state index in [-0.39, 0.29) is 17.9 Å². The van der Waals surface area contributed by atoms with Crippen LogP contribution in [0.1, 0.15) is 50.3 Å². The van der Waals surface area contributed by atoms with Crippen LogP contribution in [0.15, 0.2) is 23.0 Å². The van der Waals surface area contributed by atoms with Crippen LogP contribution >= 0.6 is 11.3 Å². The van der Waals surface area contributed by atoms with Crippen molar-refractivity contribution in [2.75, 3.05) is 0 Å². The van der Waals surface area contributed by atoms with Gasteiger partial charge in [-0.25, -0.2) is 9.37 Å². The zero-order chi connectivity index (χ0) is 20.6. The molecule has 0 spiro atoms. The van der Waals surface area contributed by atoms with Crippen molar-refractivity contribution in [3.63, 3.8) is 0 Å². The second-order valence-electron chi connectivity index (χ2n) is 6.66. The summed E-state index contributed by atoms with van der Waals surface area (Å²) in [5, 5.41) is 0.307. The van der Waals surface area contributed by atoms with Gasteiger partial charge in [0.25, 0.3) is 11.5 Å². The van der Waals surface area contributed by atoms with E-state index in [0.29, 0.717) is 44.0 Å². The van der Waals surface area contributed by atoms with Crippen LogP contribution in [0.3, 0.4) is 0 Å². The predicted octanol–water partition coefficient (Wildman–Crippen LogP) is 3.15. The number of rotatable bonds is 6. The highest BCUT2D eigenvalue weighted by Gasteiger charge is 2.21. The minimum atomic E-state index is -0.610. The standard InChI is InChI=1S/C20H20FN3O3S/c1-4-5-15-23-19-16(11(3)17(28-19)18(22)26)20(27)24(15)9-14(25)12-6-7-13(21)10(2)8-12/h6-8H,4-5,9H2,1-3H3,(H2,22,26). The Kier molecular flexibility index (Phi) is 5.42. The van der Waals surface area contributed by atoms with E-state index in [1.165, 1.54) is 22.8 Å². The first-order valence-electron chi connectivity index (χ1n) is 8.86. The lowest BCUT2D eigenvalue weighted by Crippen LogP contribution is -2.29. The third-order valence-corrected chi connectivity index (χ3v) is 5.81. The lowest BCUT2D eigenvalue weighted by Gasteiger charge is -2.12. The fraction of sp³-hybridized carbons (Fsp3) is 0.300. The smallest absolute Gasteiger partial charge is 0.262 e. The van der Waals surface area contributed by atoms with Crippen molar-refractivity contribution in [2.24, 2.45) is 5.73 Å². The summed E-state index contributed by atoms with van der Waals surface area (Å²) >= 11 is 1.09. The van der Waals surface area contributed by atoms with Crippen LogP contribution in [-0.2, 0) is 13.0 Å². The maximum absolute atomic E-state index is 13.5. The molecule has 0 fully saturated rings. The first-order chi connectivity index (χ1) is 13.2. The second-order valence-corrected chi connectivity index (χ2v) is 7.66. The molecule has 0 aliphatic rings. The van der Waals surface area contributed by atoms with Gasteiger partial charge in [-0.3, -0.25) is 19.0 Å². The molecule has 0 saturated carbocycles. The van der Waals surface area contributed by atoms with Gasteiger partial charge in [0.15, 0.2) is 5.78 Å². The molecule has 2 aromatic heterocycles. The molecule has 1 amide bonds. The molecule has 0 aliphatic carbocycles. The minimum absolute atomic E-state index is 0.205. The zero-order valence-corrected chi connectivity index (χ0v) is 16.7. The van der Waals surface area contributed by atoms with E-state index in [1.807, 2.05) is 6.92 Å². The van der Waals surface area contributed by atoms with Gasteiger partial charge in [0.2, 0.25) is 0 Å². The molecular weight excluding hydrogens is 381 g/mol. The Hall–Kier alpha value is -2.87. The van der Waals surface area contributed by atoms with Gasteiger partial charge in [0.1, 0.15) is 16.5 Å². The number of benzene rings is 1. The molecule has 3 rings (SSSR count). The summed E-state index contributed by atoms with van der Waals surface area (Å²) in [7, 11) is 0. The Labute approximate surface area is 164 Å². The Balaban J connectivity index is 2.14. The molecule has 0 unspecified atom stereocenters. The van der Waals surface area contributed by atoms with Gasteiger partial charge in [-0.2, -0.15) is 0 Å². The van der Waals surface area contributed by atoms with Gasteiger partial charge in [-0.05, 0) is 49.6 Å². The van der Waals surface area contributed by atoms with Crippen molar-refractivity contribution >= 4 is 33.2 Å². The van der Waals surface area contributed by atoms with E-state index >= 15 is 0 Å². The first kappa shape index (κ1) is 19.9.